The zero-order valence-corrected chi connectivity index (χ0v) is 84.7. The smallest absolute Gasteiger partial charge is 0.330 e. The van der Waals surface area contributed by atoms with Gasteiger partial charge >= 0.3 is 5.69 Å². The molecule has 3 N–H and O–H groups in total. The summed E-state index contributed by atoms with van der Waals surface area (Å²) in [6.07, 6.45) is 12.0. The molecule has 1 unspecified atom stereocenters. The third-order valence-electron chi connectivity index (χ3n) is 18.5. The molecular formula is C97H183N15O3. The molecule has 18 heteroatoms. The van der Waals surface area contributed by atoms with Gasteiger partial charge in [-0.2, -0.15) is 0 Å². The second-order valence-electron chi connectivity index (χ2n) is 38.9. The third kappa shape index (κ3) is 44.5. The van der Waals surface area contributed by atoms with Gasteiger partial charge in [-0.3, -0.25) is 33.7 Å². The Morgan fingerprint density at radius 2 is 0.957 bits per heavy atom. The third-order valence-corrected chi connectivity index (χ3v) is 18.5. The van der Waals surface area contributed by atoms with Crippen LogP contribution < -0.4 is 27.2 Å². The fourth-order valence-corrected chi connectivity index (χ4v) is 11.6. The average molecular weight is 1610 g/mol. The molecule has 0 spiro atoms. The molecule has 5 aromatic heterocycles. The number of nitrogens with zero attached hydrogens (tertiary/aromatic N) is 12. The van der Waals surface area contributed by atoms with Crippen LogP contribution in [-0.2, 0) is 55.1 Å². The standard InChI is InChI=1S/C12H18N2.C11H18N2O2.2C10H18N2.C10H17N.C8H10N2.C8H15N.C7H12N2O.C6H15N.C5H12.5C2H6/c1-12(2,3)10-7-6-9-5-4-8-13-11(9)14-10;1-7-8(11(2,3)4)12(5)10(15)13(6)9(7)14;1-7-8(2)12(6)9(11-7)10(3,4)5;1-7-8(2)12(9(3)11-7)10(4,5)6;1-7-6-9(10(3,4)5)11-8(7)2;1-3-7-4-2-6-10-8(7)9-5-1;1-8(2,3)7-5-4-6-9-7;1-7(2,3)6-8-4-5(10)9-6;1-6(2,3)7(4)5;1-5(2,3)4;5*1-2/h4-5,8,10H,6-7H2,1-3H3,(H,13,14);1-6H3;2*1-6H3;6H2,1-5H3;1,3,5H,2,4,6H2,(H,9,10);4-6H2,1-3H3;4H2,1-3H3,(H,8,9,10);1-5H3;1-4H3;5*1-2H3. The summed E-state index contributed by atoms with van der Waals surface area (Å²) in [4.78, 5) is 66.9. The van der Waals surface area contributed by atoms with E-state index in [0.29, 0.717) is 39.9 Å². The van der Waals surface area contributed by atoms with Crippen LogP contribution in [0.5, 0.6) is 0 Å². The minimum absolute atomic E-state index is 0.00456. The van der Waals surface area contributed by atoms with Crippen LogP contribution in [0.2, 0.25) is 0 Å². The van der Waals surface area contributed by atoms with Crippen LogP contribution >= 0.6 is 0 Å². The second kappa shape index (κ2) is 52.9. The van der Waals surface area contributed by atoms with Gasteiger partial charge in [-0.25, -0.2) is 24.7 Å². The highest BCUT2D eigenvalue weighted by Crippen LogP contribution is 2.33. The van der Waals surface area contributed by atoms with Gasteiger partial charge in [0.2, 0.25) is 5.91 Å². The number of allylic oxidation sites excluding steroid dienone is 2. The lowest BCUT2D eigenvalue weighted by Crippen LogP contribution is -2.42. The Bertz CT molecular complexity index is 3770. The Labute approximate surface area is 708 Å². The van der Waals surface area contributed by atoms with Gasteiger partial charge in [0.25, 0.3) is 5.56 Å². The SMILES string of the molecule is CC.CC.CC.CC.CC.CC(C)(C)C.CC(C)(C)C1=NCC(=O)N1.CC(C)(C)C1=NCCC1.CC(C)(C)C1CCc2cccnc2N1.CC1=C(C)N=C(C(C)(C)C)C1.CN(C)C(C)(C)C.Cc1c(C(C)(C)C)n(C)c(=O)n(C)c1=O.Cc1nc(C(C)(C)C)n(C)c1C.Cc1nc(C)n(C(C)(C)C)c1C.c1cnc2c(c1)CCCN2. The molecule has 0 aromatic carbocycles. The van der Waals surface area contributed by atoms with Gasteiger partial charge in [-0.05, 0) is 195 Å². The normalized spacial score (nSPS) is 14.6. The highest BCUT2D eigenvalue weighted by molar-refractivity contribution is 6.06. The molecule has 10 heterocycles. The number of fused-ring (bicyclic) bond motifs is 2. The molecule has 664 valence electrons. The van der Waals surface area contributed by atoms with Gasteiger partial charge in [0.05, 0.1) is 11.4 Å². The number of carbonyl (C=O) groups excluding carboxylic acids is 1. The highest BCUT2D eigenvalue weighted by atomic mass is 16.2. The Morgan fingerprint density at radius 3 is 1.23 bits per heavy atom. The first-order valence-electron chi connectivity index (χ1n) is 43.3. The number of hydrogen-bond acceptors (Lipinski definition) is 13. The van der Waals surface area contributed by atoms with Crippen LogP contribution in [0.3, 0.4) is 0 Å². The van der Waals surface area contributed by atoms with E-state index < -0.39 is 0 Å². The fraction of sp³-hybridized carbons (Fsp3) is 0.732. The van der Waals surface area contributed by atoms with Crippen molar-refractivity contribution in [2.75, 3.05) is 44.4 Å². The molecule has 0 radical (unpaired) electrons. The molecule has 0 fully saturated rings. The number of hydrogen-bond donors (Lipinski definition) is 3. The largest absolute Gasteiger partial charge is 0.370 e. The van der Waals surface area contributed by atoms with E-state index in [2.05, 4.69) is 299 Å². The van der Waals surface area contributed by atoms with Crippen LogP contribution in [0.1, 0.15) is 366 Å². The van der Waals surface area contributed by atoms with E-state index in [4.69, 9.17) is 0 Å². The Hall–Kier alpha value is -6.82. The number of amides is 1. The Kier molecular flexibility index (Phi) is 53.7. The van der Waals surface area contributed by atoms with Gasteiger partial charge < -0.3 is 30.0 Å². The number of aromatic nitrogens is 8. The minimum Gasteiger partial charge on any atom is -0.370 e. The molecular weight excluding hydrogens is 1420 g/mol. The summed E-state index contributed by atoms with van der Waals surface area (Å²) in [6.45, 7) is 99.6. The molecule has 10 rings (SSSR count). The molecule has 18 nitrogen and oxygen atoms in total. The number of pyridine rings is 2. The highest BCUT2D eigenvalue weighted by Gasteiger charge is 2.30. The molecule has 5 aromatic rings. The van der Waals surface area contributed by atoms with Crippen LogP contribution in [0.15, 0.2) is 72.5 Å². The molecule has 1 amide bonds. The van der Waals surface area contributed by atoms with Crippen LogP contribution in [0.4, 0.5) is 11.6 Å². The predicted octanol–water partition coefficient (Wildman–Crippen LogP) is 24.4. The van der Waals surface area contributed by atoms with Gasteiger partial charge in [-0.15, -0.1) is 0 Å². The van der Waals surface area contributed by atoms with Crippen LogP contribution in [0.25, 0.3) is 0 Å². The number of rotatable bonds is 0. The van der Waals surface area contributed by atoms with Crippen molar-refractivity contribution in [2.45, 2.75) is 391 Å². The van der Waals surface area contributed by atoms with E-state index in [9.17, 15) is 14.4 Å². The van der Waals surface area contributed by atoms with E-state index in [-0.39, 0.29) is 44.4 Å². The van der Waals surface area contributed by atoms with E-state index in [1.807, 2.05) is 135 Å². The molecule has 0 saturated heterocycles. The van der Waals surface area contributed by atoms with Crippen molar-refractivity contribution in [3.8, 4) is 0 Å². The van der Waals surface area contributed by atoms with Crippen LogP contribution in [0, 0.1) is 68.6 Å². The molecule has 0 bridgehead atoms. The van der Waals surface area contributed by atoms with Crippen molar-refractivity contribution < 1.29 is 4.79 Å². The number of carbonyl (C=O) groups is 1. The lowest BCUT2D eigenvalue weighted by atomic mass is 9.81. The zero-order chi connectivity index (χ0) is 91.9. The molecule has 115 heavy (non-hydrogen) atoms. The summed E-state index contributed by atoms with van der Waals surface area (Å²) >= 11 is 0. The number of imidazole rings is 2. The predicted molar refractivity (Wildman–Crippen MR) is 510 cm³/mol. The lowest BCUT2D eigenvalue weighted by Gasteiger charge is -2.35. The number of aliphatic imine (C=N–C) groups is 3. The summed E-state index contributed by atoms with van der Waals surface area (Å²) in [5.41, 5.74) is 15.7. The summed E-state index contributed by atoms with van der Waals surface area (Å²) < 4.78 is 7.15. The molecule has 5 aliphatic heterocycles. The van der Waals surface area contributed by atoms with E-state index >= 15 is 0 Å². The van der Waals surface area contributed by atoms with Gasteiger partial charge in [-0.1, -0.05) is 234 Å². The van der Waals surface area contributed by atoms with E-state index in [1.54, 1.807) is 18.5 Å². The summed E-state index contributed by atoms with van der Waals surface area (Å²) in [5.74, 6) is 5.24. The molecule has 5 aliphatic rings. The number of aryl methyl sites for hydroxylation is 5. The minimum atomic E-state index is -0.268. The van der Waals surface area contributed by atoms with Crippen molar-refractivity contribution in [1.29, 1.82) is 0 Å². The average Bonchev–Trinajstić information content (AvgIpc) is 1.68. The molecule has 0 saturated carbocycles. The number of nitrogens with one attached hydrogen (secondary N) is 3. The first-order valence-corrected chi connectivity index (χ1v) is 43.3. The quantitative estimate of drug-likeness (QED) is 0.134. The van der Waals surface area contributed by atoms with Crippen LogP contribution in [-0.4, -0.2) is 112 Å². The Balaban J connectivity index is -0.000000388. The summed E-state index contributed by atoms with van der Waals surface area (Å²) in [5, 5.41) is 9.48. The van der Waals surface area contributed by atoms with Gasteiger partial charge in [0, 0.05) is 132 Å². The van der Waals surface area contributed by atoms with Gasteiger partial charge in [0.15, 0.2) is 0 Å². The monoisotopic (exact) mass is 1610 g/mol. The van der Waals surface area contributed by atoms with Crippen molar-refractivity contribution >= 4 is 34.8 Å². The number of anilines is 2. The topological polar surface area (TPSA) is 199 Å². The first-order chi connectivity index (χ1) is 52.3. The summed E-state index contributed by atoms with van der Waals surface area (Å²) in [6, 6.07) is 8.84. The van der Waals surface area contributed by atoms with Crippen molar-refractivity contribution in [3.05, 3.63) is 126 Å². The maximum atomic E-state index is 11.8. The zero-order valence-electron chi connectivity index (χ0n) is 84.7. The Morgan fingerprint density at radius 1 is 0.504 bits per heavy atom. The number of amidine groups is 1. The fourth-order valence-electron chi connectivity index (χ4n) is 11.6. The first kappa shape index (κ1) is 117. The molecule has 0 aliphatic carbocycles. The van der Waals surface area contributed by atoms with E-state index in [0.717, 1.165) is 76.7 Å². The van der Waals surface area contributed by atoms with Crippen molar-refractivity contribution in [3.63, 3.8) is 0 Å². The van der Waals surface area contributed by atoms with E-state index in [1.165, 1.54) is 84.4 Å². The van der Waals surface area contributed by atoms with Crippen molar-refractivity contribution in [2.24, 2.45) is 63.2 Å². The maximum Gasteiger partial charge on any atom is 0.330 e. The van der Waals surface area contributed by atoms with Gasteiger partial charge in [0.1, 0.15) is 35.7 Å². The van der Waals surface area contributed by atoms with Crippen molar-refractivity contribution in [1.82, 2.24) is 48.4 Å². The molecule has 1 atom stereocenters. The lowest BCUT2D eigenvalue weighted by molar-refractivity contribution is -0.117. The summed E-state index contributed by atoms with van der Waals surface area (Å²) in [7, 11) is 9.45. The maximum absolute atomic E-state index is 11.8. The second-order valence-corrected chi connectivity index (χ2v) is 38.9.